The molecule has 0 aliphatic carbocycles. The van der Waals surface area contributed by atoms with Gasteiger partial charge in [0.05, 0.1) is 6.42 Å². The molecule has 0 radical (unpaired) electrons. The third-order valence-electron chi connectivity index (χ3n) is 3.36. The molecule has 1 fully saturated rings. The topological polar surface area (TPSA) is 39.3 Å². The number of nitrogens with one attached hydrogen (secondary N) is 1. The molecule has 0 atom stereocenters. The Bertz CT molecular complexity index is 358. The SMILES string of the molecule is O=C(Cc1ccc[nH]1)N1CCN(CCCS)CC1. The summed E-state index contributed by atoms with van der Waals surface area (Å²) in [5, 5.41) is 0. The van der Waals surface area contributed by atoms with Crippen LogP contribution in [-0.2, 0) is 11.2 Å². The summed E-state index contributed by atoms with van der Waals surface area (Å²) in [6.45, 7) is 4.79. The summed E-state index contributed by atoms with van der Waals surface area (Å²) in [5.74, 6) is 1.16. The molecule has 1 N–H and O–H groups in total. The number of nitrogens with zero attached hydrogens (tertiary/aromatic N) is 2. The lowest BCUT2D eigenvalue weighted by atomic mass is 10.2. The summed E-state index contributed by atoms with van der Waals surface area (Å²) in [6.07, 6.45) is 3.47. The van der Waals surface area contributed by atoms with Gasteiger partial charge in [0.25, 0.3) is 0 Å². The van der Waals surface area contributed by atoms with E-state index in [1.807, 2.05) is 23.2 Å². The van der Waals surface area contributed by atoms with Crippen molar-refractivity contribution in [3.05, 3.63) is 24.0 Å². The van der Waals surface area contributed by atoms with Gasteiger partial charge in [-0.2, -0.15) is 12.6 Å². The number of carbonyl (C=O) groups is 1. The van der Waals surface area contributed by atoms with E-state index in [0.717, 1.165) is 50.6 Å². The van der Waals surface area contributed by atoms with Crippen LogP contribution in [0.3, 0.4) is 0 Å². The number of hydrogen-bond acceptors (Lipinski definition) is 3. The van der Waals surface area contributed by atoms with Gasteiger partial charge in [-0.05, 0) is 30.9 Å². The van der Waals surface area contributed by atoms with Crippen LogP contribution in [0.25, 0.3) is 0 Å². The van der Waals surface area contributed by atoms with Gasteiger partial charge in [-0.3, -0.25) is 9.69 Å². The highest BCUT2D eigenvalue weighted by Crippen LogP contribution is 2.06. The van der Waals surface area contributed by atoms with Gasteiger partial charge in [-0.1, -0.05) is 0 Å². The Morgan fingerprint density at radius 3 is 2.72 bits per heavy atom. The molecule has 0 aromatic carbocycles. The Morgan fingerprint density at radius 1 is 1.33 bits per heavy atom. The highest BCUT2D eigenvalue weighted by Gasteiger charge is 2.20. The molecule has 1 aromatic rings. The number of carbonyl (C=O) groups excluding carboxylic acids is 1. The quantitative estimate of drug-likeness (QED) is 0.782. The first-order chi connectivity index (χ1) is 8.79. The molecule has 0 saturated carbocycles. The summed E-state index contributed by atoms with van der Waals surface area (Å²) < 4.78 is 0. The zero-order valence-corrected chi connectivity index (χ0v) is 11.5. The third kappa shape index (κ3) is 3.78. The molecule has 5 heteroatoms. The minimum atomic E-state index is 0.228. The average molecular weight is 267 g/mol. The Balaban J connectivity index is 1.73. The second kappa shape index (κ2) is 6.85. The van der Waals surface area contributed by atoms with Crippen LogP contribution in [0.2, 0.25) is 0 Å². The molecule has 18 heavy (non-hydrogen) atoms. The predicted molar refractivity (Wildman–Crippen MR) is 76.0 cm³/mol. The Labute approximate surface area is 114 Å². The first-order valence-corrected chi connectivity index (χ1v) is 7.16. The molecule has 1 saturated heterocycles. The molecule has 1 aliphatic rings. The van der Waals surface area contributed by atoms with Crippen LogP contribution in [0.15, 0.2) is 18.3 Å². The molecule has 100 valence electrons. The van der Waals surface area contributed by atoms with Gasteiger partial charge >= 0.3 is 0 Å². The van der Waals surface area contributed by atoms with Crippen molar-refractivity contribution in [2.24, 2.45) is 0 Å². The largest absolute Gasteiger partial charge is 0.365 e. The van der Waals surface area contributed by atoms with Gasteiger partial charge in [-0.25, -0.2) is 0 Å². The van der Waals surface area contributed by atoms with Gasteiger partial charge in [-0.15, -0.1) is 0 Å². The number of aromatic nitrogens is 1. The fourth-order valence-electron chi connectivity index (χ4n) is 2.27. The molecule has 1 aromatic heterocycles. The number of amides is 1. The van der Waals surface area contributed by atoms with Crippen LogP contribution in [0.1, 0.15) is 12.1 Å². The van der Waals surface area contributed by atoms with Crippen molar-refractivity contribution in [1.82, 2.24) is 14.8 Å². The zero-order valence-electron chi connectivity index (χ0n) is 10.6. The summed E-state index contributed by atoms with van der Waals surface area (Å²) in [5.41, 5.74) is 0.998. The first-order valence-electron chi connectivity index (χ1n) is 6.53. The number of rotatable bonds is 5. The smallest absolute Gasteiger partial charge is 0.228 e. The summed E-state index contributed by atoms with van der Waals surface area (Å²) in [4.78, 5) is 19.5. The van der Waals surface area contributed by atoms with Crippen LogP contribution < -0.4 is 0 Å². The number of aromatic amines is 1. The maximum Gasteiger partial charge on any atom is 0.228 e. The van der Waals surface area contributed by atoms with Crippen LogP contribution >= 0.6 is 12.6 Å². The van der Waals surface area contributed by atoms with E-state index in [4.69, 9.17) is 0 Å². The number of hydrogen-bond donors (Lipinski definition) is 2. The molecule has 1 amide bonds. The molecule has 1 aliphatic heterocycles. The number of piperazine rings is 1. The van der Waals surface area contributed by atoms with Crippen LogP contribution in [0.5, 0.6) is 0 Å². The predicted octanol–water partition coefficient (Wildman–Crippen LogP) is 1.02. The van der Waals surface area contributed by atoms with Gasteiger partial charge < -0.3 is 9.88 Å². The van der Waals surface area contributed by atoms with E-state index in [1.54, 1.807) is 0 Å². The summed E-state index contributed by atoms with van der Waals surface area (Å²) >= 11 is 4.23. The Kier molecular flexibility index (Phi) is 5.13. The molecular weight excluding hydrogens is 246 g/mol. The Hall–Kier alpha value is -0.940. The van der Waals surface area contributed by atoms with Crippen molar-refractivity contribution < 1.29 is 4.79 Å². The van der Waals surface area contributed by atoms with Crippen molar-refractivity contribution in [3.8, 4) is 0 Å². The fraction of sp³-hybridized carbons (Fsp3) is 0.615. The second-order valence-electron chi connectivity index (χ2n) is 4.67. The van der Waals surface area contributed by atoms with E-state index in [9.17, 15) is 4.79 Å². The molecular formula is C13H21N3OS. The molecule has 0 unspecified atom stereocenters. The fourth-order valence-corrected chi connectivity index (χ4v) is 2.41. The van der Waals surface area contributed by atoms with Crippen LogP contribution in [0.4, 0.5) is 0 Å². The first kappa shape index (κ1) is 13.5. The minimum Gasteiger partial charge on any atom is -0.365 e. The minimum absolute atomic E-state index is 0.228. The van der Waals surface area contributed by atoms with E-state index < -0.39 is 0 Å². The lowest BCUT2D eigenvalue weighted by molar-refractivity contribution is -0.132. The van der Waals surface area contributed by atoms with Crippen molar-refractivity contribution in [2.45, 2.75) is 12.8 Å². The van der Waals surface area contributed by atoms with E-state index in [2.05, 4.69) is 22.5 Å². The summed E-state index contributed by atoms with van der Waals surface area (Å²) in [7, 11) is 0. The van der Waals surface area contributed by atoms with Crippen molar-refractivity contribution in [2.75, 3.05) is 38.5 Å². The molecule has 0 spiro atoms. The molecule has 2 rings (SSSR count). The van der Waals surface area contributed by atoms with E-state index in [-0.39, 0.29) is 5.91 Å². The highest BCUT2D eigenvalue weighted by atomic mass is 32.1. The maximum atomic E-state index is 12.1. The van der Waals surface area contributed by atoms with Crippen LogP contribution in [-0.4, -0.2) is 59.2 Å². The van der Waals surface area contributed by atoms with Gasteiger partial charge in [0.1, 0.15) is 0 Å². The van der Waals surface area contributed by atoms with Gasteiger partial charge in [0.2, 0.25) is 5.91 Å². The van der Waals surface area contributed by atoms with Gasteiger partial charge in [0.15, 0.2) is 0 Å². The zero-order chi connectivity index (χ0) is 12.8. The lowest BCUT2D eigenvalue weighted by Gasteiger charge is -2.34. The third-order valence-corrected chi connectivity index (χ3v) is 3.68. The standard InChI is InChI=1S/C13H21N3OS/c17-13(11-12-3-1-4-14-12)16-8-6-15(7-9-16)5-2-10-18/h1,3-4,14,18H,2,5-11H2. The highest BCUT2D eigenvalue weighted by molar-refractivity contribution is 7.80. The maximum absolute atomic E-state index is 12.1. The van der Waals surface area contributed by atoms with E-state index in [0.29, 0.717) is 6.42 Å². The van der Waals surface area contributed by atoms with Crippen molar-refractivity contribution in [3.63, 3.8) is 0 Å². The summed E-state index contributed by atoms with van der Waals surface area (Å²) in [6, 6.07) is 3.89. The molecule has 2 heterocycles. The second-order valence-corrected chi connectivity index (χ2v) is 5.12. The average Bonchev–Trinajstić information content (AvgIpc) is 2.89. The van der Waals surface area contributed by atoms with E-state index >= 15 is 0 Å². The monoisotopic (exact) mass is 267 g/mol. The Morgan fingerprint density at radius 2 is 2.11 bits per heavy atom. The molecule has 4 nitrogen and oxygen atoms in total. The van der Waals surface area contributed by atoms with Crippen LogP contribution in [0, 0.1) is 0 Å². The van der Waals surface area contributed by atoms with E-state index in [1.165, 1.54) is 0 Å². The normalized spacial score (nSPS) is 17.1. The number of H-pyrrole nitrogens is 1. The lowest BCUT2D eigenvalue weighted by Crippen LogP contribution is -2.49. The number of thiol groups is 1. The van der Waals surface area contributed by atoms with Crippen molar-refractivity contribution in [1.29, 1.82) is 0 Å². The van der Waals surface area contributed by atoms with Crippen molar-refractivity contribution >= 4 is 18.5 Å². The van der Waals surface area contributed by atoms with Gasteiger partial charge in [0, 0.05) is 38.1 Å². The molecule has 0 bridgehead atoms.